The van der Waals surface area contributed by atoms with Crippen molar-refractivity contribution in [2.75, 3.05) is 36.0 Å². The third-order valence-corrected chi connectivity index (χ3v) is 4.50. The SMILES string of the molecule is Cc1nnc2ccc(N3CCN(c4nccn5cnnc45)CC3)nn12. The van der Waals surface area contributed by atoms with Crippen LogP contribution in [0.4, 0.5) is 11.6 Å². The standard InChI is InChI=1S/C15H16N10/c1-11-18-19-12-2-3-13(21-25(11)12)22-6-8-23(9-7-22)14-15-20-17-10-24(15)5-4-16-14/h2-5,10H,6-9H2,1H3. The van der Waals surface area contributed by atoms with Gasteiger partial charge in [0.05, 0.1) is 0 Å². The quantitative estimate of drug-likeness (QED) is 0.512. The summed E-state index contributed by atoms with van der Waals surface area (Å²) in [7, 11) is 0. The van der Waals surface area contributed by atoms with E-state index in [1.807, 2.05) is 29.7 Å². The first-order valence-electron chi connectivity index (χ1n) is 8.13. The largest absolute Gasteiger partial charge is 0.352 e. The van der Waals surface area contributed by atoms with E-state index in [9.17, 15) is 0 Å². The fourth-order valence-corrected chi connectivity index (χ4v) is 3.17. The molecule has 1 aliphatic heterocycles. The Bertz CT molecular complexity index is 1040. The van der Waals surface area contributed by atoms with Crippen molar-refractivity contribution in [3.05, 3.63) is 36.7 Å². The normalized spacial score (nSPS) is 15.4. The summed E-state index contributed by atoms with van der Waals surface area (Å²) in [6.45, 7) is 5.31. The monoisotopic (exact) mass is 336 g/mol. The molecule has 5 rings (SSSR count). The van der Waals surface area contributed by atoms with Gasteiger partial charge in [-0.3, -0.25) is 4.40 Å². The number of anilines is 2. The van der Waals surface area contributed by atoms with Crippen molar-refractivity contribution < 1.29 is 0 Å². The fourth-order valence-electron chi connectivity index (χ4n) is 3.17. The number of hydrogen-bond donors (Lipinski definition) is 0. The number of fused-ring (bicyclic) bond motifs is 2. The van der Waals surface area contributed by atoms with E-state index in [0.29, 0.717) is 0 Å². The van der Waals surface area contributed by atoms with E-state index < -0.39 is 0 Å². The first kappa shape index (κ1) is 14.1. The van der Waals surface area contributed by atoms with Crippen LogP contribution in [0.15, 0.2) is 30.9 Å². The van der Waals surface area contributed by atoms with Crippen LogP contribution >= 0.6 is 0 Å². The molecule has 25 heavy (non-hydrogen) atoms. The second-order valence-corrected chi connectivity index (χ2v) is 6.00. The lowest BCUT2D eigenvalue weighted by Gasteiger charge is -2.35. The Morgan fingerprint density at radius 2 is 1.80 bits per heavy atom. The lowest BCUT2D eigenvalue weighted by molar-refractivity contribution is 0.635. The van der Waals surface area contributed by atoms with Gasteiger partial charge in [0.25, 0.3) is 0 Å². The van der Waals surface area contributed by atoms with Gasteiger partial charge >= 0.3 is 0 Å². The highest BCUT2D eigenvalue weighted by Crippen LogP contribution is 2.20. The number of hydrogen-bond acceptors (Lipinski definition) is 8. The van der Waals surface area contributed by atoms with Gasteiger partial charge in [-0.2, -0.15) is 4.52 Å². The molecule has 1 saturated heterocycles. The molecule has 10 heteroatoms. The van der Waals surface area contributed by atoms with Crippen LogP contribution in [0.25, 0.3) is 11.3 Å². The molecular formula is C15H16N10. The topological polar surface area (TPSA) is 92.6 Å². The second-order valence-electron chi connectivity index (χ2n) is 6.00. The van der Waals surface area contributed by atoms with Crippen molar-refractivity contribution in [1.82, 2.24) is 39.4 Å². The minimum Gasteiger partial charge on any atom is -0.352 e. The van der Waals surface area contributed by atoms with Crippen LogP contribution in [0.2, 0.25) is 0 Å². The molecule has 5 heterocycles. The Balaban J connectivity index is 1.38. The van der Waals surface area contributed by atoms with Gasteiger partial charge < -0.3 is 9.80 Å². The van der Waals surface area contributed by atoms with Gasteiger partial charge in [-0.05, 0) is 19.1 Å². The Morgan fingerprint density at radius 1 is 0.960 bits per heavy atom. The predicted molar refractivity (Wildman–Crippen MR) is 90.7 cm³/mol. The summed E-state index contributed by atoms with van der Waals surface area (Å²) in [5.74, 6) is 2.60. The highest BCUT2D eigenvalue weighted by Gasteiger charge is 2.22. The average Bonchev–Trinajstić information content (AvgIpc) is 3.28. The molecular weight excluding hydrogens is 320 g/mol. The summed E-state index contributed by atoms with van der Waals surface area (Å²) in [6, 6.07) is 3.95. The first-order chi connectivity index (χ1) is 12.3. The van der Waals surface area contributed by atoms with Crippen molar-refractivity contribution in [1.29, 1.82) is 0 Å². The molecule has 126 valence electrons. The van der Waals surface area contributed by atoms with Gasteiger partial charge in [-0.1, -0.05) is 0 Å². The molecule has 0 unspecified atom stereocenters. The van der Waals surface area contributed by atoms with E-state index in [1.165, 1.54) is 0 Å². The molecule has 1 fully saturated rings. The number of rotatable bonds is 2. The van der Waals surface area contributed by atoms with E-state index in [4.69, 9.17) is 0 Å². The van der Waals surface area contributed by atoms with E-state index in [-0.39, 0.29) is 0 Å². The zero-order chi connectivity index (χ0) is 16.8. The van der Waals surface area contributed by atoms with Crippen molar-refractivity contribution in [3.63, 3.8) is 0 Å². The van der Waals surface area contributed by atoms with Gasteiger partial charge in [0.15, 0.2) is 17.3 Å². The van der Waals surface area contributed by atoms with Crippen molar-refractivity contribution in [3.8, 4) is 0 Å². The molecule has 4 aromatic heterocycles. The van der Waals surface area contributed by atoms with Crippen molar-refractivity contribution >= 4 is 22.9 Å². The number of aromatic nitrogens is 8. The Labute approximate surface area is 142 Å². The summed E-state index contributed by atoms with van der Waals surface area (Å²) < 4.78 is 3.67. The van der Waals surface area contributed by atoms with Gasteiger partial charge in [0.2, 0.25) is 5.65 Å². The molecule has 0 aromatic carbocycles. The summed E-state index contributed by atoms with van der Waals surface area (Å²) in [4.78, 5) is 9.00. The maximum absolute atomic E-state index is 4.65. The van der Waals surface area contributed by atoms with Crippen LogP contribution in [-0.2, 0) is 0 Å². The third kappa shape index (κ3) is 2.25. The van der Waals surface area contributed by atoms with Crippen LogP contribution in [0.3, 0.4) is 0 Å². The maximum atomic E-state index is 4.65. The molecule has 0 aliphatic carbocycles. The molecule has 4 aromatic rings. The average molecular weight is 336 g/mol. The molecule has 0 atom stereocenters. The summed E-state index contributed by atoms with van der Waals surface area (Å²) >= 11 is 0. The minimum absolute atomic E-state index is 0.766. The summed E-state index contributed by atoms with van der Waals surface area (Å²) in [5.41, 5.74) is 1.55. The predicted octanol–water partition coefficient (Wildman–Crippen LogP) is 0.197. The highest BCUT2D eigenvalue weighted by atomic mass is 15.4. The van der Waals surface area contributed by atoms with Crippen molar-refractivity contribution in [2.24, 2.45) is 0 Å². The third-order valence-electron chi connectivity index (χ3n) is 4.50. The van der Waals surface area contributed by atoms with Gasteiger partial charge in [-0.25, -0.2) is 4.98 Å². The van der Waals surface area contributed by atoms with Crippen LogP contribution in [0, 0.1) is 6.92 Å². The van der Waals surface area contributed by atoms with Crippen LogP contribution in [0.5, 0.6) is 0 Å². The molecule has 0 spiro atoms. The summed E-state index contributed by atoms with van der Waals surface area (Å²) in [6.07, 6.45) is 5.33. The Hall–Kier alpha value is -3.30. The van der Waals surface area contributed by atoms with Gasteiger partial charge in [0.1, 0.15) is 12.1 Å². The fraction of sp³-hybridized carbons (Fsp3) is 0.333. The summed E-state index contributed by atoms with van der Waals surface area (Å²) in [5, 5.41) is 20.9. The maximum Gasteiger partial charge on any atom is 0.203 e. The zero-order valence-electron chi connectivity index (χ0n) is 13.7. The van der Waals surface area contributed by atoms with Crippen LogP contribution in [-0.4, -0.2) is 65.6 Å². The van der Waals surface area contributed by atoms with Crippen LogP contribution < -0.4 is 9.80 Å². The van der Waals surface area contributed by atoms with E-state index in [1.54, 1.807) is 17.0 Å². The number of aryl methyl sites for hydroxylation is 1. The molecule has 1 aliphatic rings. The van der Waals surface area contributed by atoms with Gasteiger partial charge in [0, 0.05) is 38.6 Å². The van der Waals surface area contributed by atoms with Crippen LogP contribution in [0.1, 0.15) is 5.82 Å². The highest BCUT2D eigenvalue weighted by molar-refractivity contribution is 5.64. The molecule has 0 radical (unpaired) electrons. The zero-order valence-corrected chi connectivity index (χ0v) is 13.7. The molecule has 0 saturated carbocycles. The van der Waals surface area contributed by atoms with Crippen molar-refractivity contribution in [2.45, 2.75) is 6.92 Å². The van der Waals surface area contributed by atoms with Gasteiger partial charge in [-0.15, -0.1) is 25.5 Å². The Morgan fingerprint density at radius 3 is 2.68 bits per heavy atom. The van der Waals surface area contributed by atoms with E-state index in [2.05, 4.69) is 40.3 Å². The number of nitrogens with zero attached hydrogens (tertiary/aromatic N) is 10. The smallest absolute Gasteiger partial charge is 0.203 e. The molecule has 10 nitrogen and oxygen atoms in total. The van der Waals surface area contributed by atoms with E-state index >= 15 is 0 Å². The minimum atomic E-state index is 0.766. The Kier molecular flexibility index (Phi) is 3.02. The molecule has 0 amide bonds. The molecule has 0 bridgehead atoms. The van der Waals surface area contributed by atoms with E-state index in [0.717, 1.165) is 54.9 Å². The number of piperazine rings is 1. The lowest BCUT2D eigenvalue weighted by Crippen LogP contribution is -2.47. The lowest BCUT2D eigenvalue weighted by atomic mass is 10.3. The second kappa shape index (κ2) is 5.36. The molecule has 0 N–H and O–H groups in total. The first-order valence-corrected chi connectivity index (χ1v) is 8.13.